The van der Waals surface area contributed by atoms with Gasteiger partial charge >= 0.3 is 0 Å². The molecule has 1 rings (SSSR count). The lowest BCUT2D eigenvalue weighted by atomic mass is 9.77. The second-order valence-corrected chi connectivity index (χ2v) is 5.41. The van der Waals surface area contributed by atoms with Gasteiger partial charge in [-0.3, -0.25) is 4.79 Å². The molecule has 0 aliphatic carbocycles. The monoisotopic (exact) mass is 259 g/mol. The van der Waals surface area contributed by atoms with Crippen LogP contribution in [-0.2, 0) is 4.79 Å². The van der Waals surface area contributed by atoms with Crippen molar-refractivity contribution in [1.29, 1.82) is 5.26 Å². The van der Waals surface area contributed by atoms with Crippen LogP contribution in [0.5, 0.6) is 5.75 Å². The molecule has 1 atom stereocenters. The van der Waals surface area contributed by atoms with Gasteiger partial charge in [-0.25, -0.2) is 0 Å². The highest BCUT2D eigenvalue weighted by Gasteiger charge is 2.34. The van der Waals surface area contributed by atoms with Crippen LogP contribution in [-0.4, -0.2) is 12.9 Å². The number of ether oxygens (including phenoxy) is 1. The van der Waals surface area contributed by atoms with Crippen LogP contribution in [0.4, 0.5) is 0 Å². The van der Waals surface area contributed by atoms with Crippen LogP contribution in [0.25, 0.3) is 0 Å². The Balaban J connectivity index is 3.29. The predicted molar refractivity (Wildman–Crippen MR) is 75.2 cm³/mol. The lowest BCUT2D eigenvalue weighted by Crippen LogP contribution is -2.28. The molecule has 0 aliphatic rings. The first-order chi connectivity index (χ1) is 8.87. The third-order valence-corrected chi connectivity index (χ3v) is 3.64. The highest BCUT2D eigenvalue weighted by atomic mass is 16.5. The lowest BCUT2D eigenvalue weighted by molar-refractivity contribution is -0.127. The zero-order chi connectivity index (χ0) is 14.6. The second kappa shape index (κ2) is 5.88. The smallest absolute Gasteiger partial charge is 0.160 e. The minimum atomic E-state index is -0.773. The molecule has 0 amide bonds. The number of aryl methyl sites for hydroxylation is 1. The van der Waals surface area contributed by atoms with Gasteiger partial charge in [0.05, 0.1) is 13.2 Å². The Morgan fingerprint density at radius 3 is 2.58 bits per heavy atom. The van der Waals surface area contributed by atoms with E-state index in [9.17, 15) is 10.1 Å². The molecule has 0 saturated carbocycles. The number of ketones is 1. The van der Waals surface area contributed by atoms with E-state index >= 15 is 0 Å². The summed E-state index contributed by atoms with van der Waals surface area (Å²) in [5.74, 6) is -0.233. The molecule has 0 spiro atoms. The molecule has 0 heterocycles. The maximum Gasteiger partial charge on any atom is 0.160 e. The van der Waals surface area contributed by atoms with Gasteiger partial charge in [0.25, 0.3) is 0 Å². The standard InChI is InChI=1S/C16H21NO2/c1-6-16(3,4)15(18)13(10-17)12-9-11(2)7-8-14(12)19-5/h7-9,13H,6H2,1-5H3. The van der Waals surface area contributed by atoms with E-state index < -0.39 is 11.3 Å². The number of hydrogen-bond acceptors (Lipinski definition) is 3. The van der Waals surface area contributed by atoms with Gasteiger partial charge in [-0.1, -0.05) is 38.5 Å². The van der Waals surface area contributed by atoms with Crippen molar-refractivity contribution < 1.29 is 9.53 Å². The van der Waals surface area contributed by atoms with Crippen molar-refractivity contribution in [1.82, 2.24) is 0 Å². The molecule has 3 heteroatoms. The minimum Gasteiger partial charge on any atom is -0.496 e. The number of methoxy groups -OCH3 is 1. The van der Waals surface area contributed by atoms with Crippen molar-refractivity contribution in [2.45, 2.75) is 40.0 Å². The van der Waals surface area contributed by atoms with E-state index in [-0.39, 0.29) is 5.78 Å². The van der Waals surface area contributed by atoms with Crippen LogP contribution in [0, 0.1) is 23.7 Å². The number of benzene rings is 1. The van der Waals surface area contributed by atoms with Gasteiger partial charge in [-0.15, -0.1) is 0 Å². The second-order valence-electron chi connectivity index (χ2n) is 5.41. The summed E-state index contributed by atoms with van der Waals surface area (Å²) < 4.78 is 5.28. The average Bonchev–Trinajstić information content (AvgIpc) is 2.39. The minimum absolute atomic E-state index is 0.0543. The fraction of sp³-hybridized carbons (Fsp3) is 0.500. The average molecular weight is 259 g/mol. The largest absolute Gasteiger partial charge is 0.496 e. The molecule has 0 bridgehead atoms. The summed E-state index contributed by atoms with van der Waals surface area (Å²) in [6, 6.07) is 7.70. The SMILES string of the molecule is CCC(C)(C)C(=O)C(C#N)c1cc(C)ccc1OC. The van der Waals surface area contributed by atoms with E-state index in [4.69, 9.17) is 4.74 Å². The zero-order valence-corrected chi connectivity index (χ0v) is 12.3. The van der Waals surface area contributed by atoms with Gasteiger partial charge in [0, 0.05) is 11.0 Å². The number of nitrogens with zero attached hydrogens (tertiary/aromatic N) is 1. The van der Waals surface area contributed by atoms with E-state index in [1.54, 1.807) is 13.2 Å². The van der Waals surface area contributed by atoms with Crippen LogP contribution in [0.15, 0.2) is 18.2 Å². The van der Waals surface area contributed by atoms with Gasteiger partial charge in [0.15, 0.2) is 5.78 Å². The third-order valence-electron chi connectivity index (χ3n) is 3.64. The molecule has 3 nitrogen and oxygen atoms in total. The molecule has 19 heavy (non-hydrogen) atoms. The number of nitriles is 1. The van der Waals surface area contributed by atoms with E-state index in [0.717, 1.165) is 5.56 Å². The Morgan fingerprint density at radius 2 is 2.11 bits per heavy atom. The Morgan fingerprint density at radius 1 is 1.47 bits per heavy atom. The van der Waals surface area contributed by atoms with E-state index in [0.29, 0.717) is 17.7 Å². The van der Waals surface area contributed by atoms with Crippen molar-refractivity contribution in [2.24, 2.45) is 5.41 Å². The van der Waals surface area contributed by atoms with Crippen LogP contribution < -0.4 is 4.74 Å². The molecule has 0 aliphatic heterocycles. The quantitative estimate of drug-likeness (QED) is 0.811. The Labute approximate surface area is 115 Å². The third kappa shape index (κ3) is 3.14. The van der Waals surface area contributed by atoms with Crippen LogP contribution in [0.1, 0.15) is 44.2 Å². The highest BCUT2D eigenvalue weighted by Crippen LogP contribution is 2.34. The van der Waals surface area contributed by atoms with E-state index in [1.165, 1.54) is 0 Å². The summed E-state index contributed by atoms with van der Waals surface area (Å²) in [5.41, 5.74) is 1.17. The molecule has 102 valence electrons. The molecule has 0 aromatic heterocycles. The lowest BCUT2D eigenvalue weighted by Gasteiger charge is -2.24. The molecular weight excluding hydrogens is 238 g/mol. The fourth-order valence-electron chi connectivity index (χ4n) is 1.91. The fourth-order valence-corrected chi connectivity index (χ4v) is 1.91. The topological polar surface area (TPSA) is 50.1 Å². The van der Waals surface area contributed by atoms with Gasteiger partial charge < -0.3 is 4.74 Å². The van der Waals surface area contributed by atoms with Crippen molar-refractivity contribution in [3.05, 3.63) is 29.3 Å². The predicted octanol–water partition coefficient (Wildman–Crippen LogP) is 3.62. The first-order valence-corrected chi connectivity index (χ1v) is 6.45. The maximum absolute atomic E-state index is 12.5. The van der Waals surface area contributed by atoms with Gasteiger partial charge in [-0.05, 0) is 19.4 Å². The van der Waals surface area contributed by atoms with E-state index in [2.05, 4.69) is 6.07 Å². The molecule has 0 saturated heterocycles. The first-order valence-electron chi connectivity index (χ1n) is 6.45. The van der Waals surface area contributed by atoms with Gasteiger partial charge in [0.2, 0.25) is 0 Å². The van der Waals surface area contributed by atoms with E-state index in [1.807, 2.05) is 39.8 Å². The number of hydrogen-bond donors (Lipinski definition) is 0. The Hall–Kier alpha value is -1.82. The number of carbonyl (C=O) groups is 1. The summed E-state index contributed by atoms with van der Waals surface area (Å²) in [6.07, 6.45) is 0.706. The summed E-state index contributed by atoms with van der Waals surface area (Å²) in [4.78, 5) is 12.5. The van der Waals surface area contributed by atoms with Gasteiger partial charge in [-0.2, -0.15) is 5.26 Å². The molecule has 0 N–H and O–H groups in total. The number of rotatable bonds is 5. The van der Waals surface area contributed by atoms with Crippen molar-refractivity contribution in [3.8, 4) is 11.8 Å². The summed E-state index contributed by atoms with van der Waals surface area (Å²) in [7, 11) is 1.55. The summed E-state index contributed by atoms with van der Waals surface area (Å²) in [6.45, 7) is 7.65. The van der Waals surface area contributed by atoms with Crippen LogP contribution in [0.3, 0.4) is 0 Å². The van der Waals surface area contributed by atoms with Crippen LogP contribution >= 0.6 is 0 Å². The molecule has 0 fully saturated rings. The highest BCUT2D eigenvalue weighted by molar-refractivity contribution is 5.93. The van der Waals surface area contributed by atoms with Crippen molar-refractivity contribution >= 4 is 5.78 Å². The zero-order valence-electron chi connectivity index (χ0n) is 12.3. The Kier molecular flexibility index (Phi) is 4.72. The molecule has 1 unspecified atom stereocenters. The van der Waals surface area contributed by atoms with Crippen LogP contribution in [0.2, 0.25) is 0 Å². The molecule has 1 aromatic rings. The maximum atomic E-state index is 12.5. The summed E-state index contributed by atoms with van der Waals surface area (Å²) >= 11 is 0. The number of Topliss-reactive ketones (excluding diaryl/α,β-unsaturated/α-hetero) is 1. The summed E-state index contributed by atoms with van der Waals surface area (Å²) in [5, 5.41) is 9.39. The van der Waals surface area contributed by atoms with Crippen molar-refractivity contribution in [2.75, 3.05) is 7.11 Å². The number of carbonyl (C=O) groups excluding carboxylic acids is 1. The van der Waals surface area contributed by atoms with Gasteiger partial charge in [0.1, 0.15) is 11.7 Å². The molecule has 0 radical (unpaired) electrons. The van der Waals surface area contributed by atoms with Crippen molar-refractivity contribution in [3.63, 3.8) is 0 Å². The first kappa shape index (κ1) is 15.2. The Bertz CT molecular complexity index is 512. The molecular formula is C16H21NO2. The molecule has 1 aromatic carbocycles. The normalized spacial score (nSPS) is 12.6.